The molecule has 5 rings (SSSR count). The molecule has 1 heterocycles. The van der Waals surface area contributed by atoms with Gasteiger partial charge in [-0.05, 0) is 87.4 Å². The van der Waals surface area contributed by atoms with Crippen LogP contribution < -0.4 is 19.8 Å². The van der Waals surface area contributed by atoms with Crippen LogP contribution in [0, 0.1) is 0 Å². The van der Waals surface area contributed by atoms with Gasteiger partial charge in [0.2, 0.25) is 0 Å². The highest BCUT2D eigenvalue weighted by Gasteiger charge is 2.17. The van der Waals surface area contributed by atoms with E-state index < -0.39 is 12.2 Å². The minimum atomic E-state index is -0.668. The number of aliphatic hydroxyl groups excluding tert-OH is 2. The Labute approximate surface area is 338 Å². The van der Waals surface area contributed by atoms with Crippen molar-refractivity contribution in [3.05, 3.63) is 120 Å². The summed E-state index contributed by atoms with van der Waals surface area (Å²) >= 11 is 4.40. The van der Waals surface area contributed by atoms with Crippen molar-refractivity contribution >= 4 is 70.0 Å². The molecule has 0 radical (unpaired) electrons. The normalized spacial score (nSPS) is 12.6. The first-order valence-electron chi connectivity index (χ1n) is 18.8. The smallest absolute Gasteiger partial charge is 0.175 e. The number of hydrogen-bond donors (Lipinski definition) is 2. The van der Waals surface area contributed by atoms with E-state index in [4.69, 9.17) is 10.2 Å². The summed E-state index contributed by atoms with van der Waals surface area (Å²) in [6.07, 6.45) is 2.33. The van der Waals surface area contributed by atoms with Crippen molar-refractivity contribution in [1.29, 1.82) is 0 Å². The van der Waals surface area contributed by atoms with Crippen molar-refractivity contribution in [2.45, 2.75) is 48.6 Å². The number of hydrogen-bond acceptors (Lipinski definition) is 13. The first kappa shape index (κ1) is 41.8. The predicted octanol–water partition coefficient (Wildman–Crippen LogP) is 8.22. The van der Waals surface area contributed by atoms with Crippen molar-refractivity contribution in [2.24, 2.45) is 10.2 Å². The molecule has 13 heteroatoms. The Morgan fingerprint density at radius 1 is 0.545 bits per heavy atom. The van der Waals surface area contributed by atoms with E-state index in [0.29, 0.717) is 24.6 Å². The molecular weight excluding hydrogens is 745 g/mol. The largest absolute Gasteiger partial charge is 0.390 e. The summed E-state index contributed by atoms with van der Waals surface area (Å²) < 4.78 is 1.53. The lowest BCUT2D eigenvalue weighted by Crippen LogP contribution is -2.30. The first-order chi connectivity index (χ1) is 26.9. The third-order valence-corrected chi connectivity index (χ3v) is 12.3. The van der Waals surface area contributed by atoms with Crippen molar-refractivity contribution in [1.82, 2.24) is 10.2 Å². The number of aromatic nitrogens is 2. The standard InChI is InChI=1S/C42H52N8O2S3/c1-5-47(6-2)35-23-19-33(20-24-35)27-43-49(37-15-11-9-12-16-37)29-39(51)31-53-41-45-46-42(55-41)54-32-40(52)30-50(38-17-13-10-14-18-38)44-28-34-21-25-36(26-22-34)48(7-3)8-4/h9-28,39-40,51-52H,5-8,29-32H2,1-4H3. The molecule has 0 aliphatic carbocycles. The third-order valence-electron chi connectivity index (χ3n) is 8.80. The number of anilines is 4. The second-order valence-corrected chi connectivity index (χ2v) is 16.1. The van der Waals surface area contributed by atoms with Crippen molar-refractivity contribution in [3.63, 3.8) is 0 Å². The van der Waals surface area contributed by atoms with Crippen molar-refractivity contribution in [3.8, 4) is 0 Å². The van der Waals surface area contributed by atoms with Crippen LogP contribution in [0.5, 0.6) is 0 Å². The van der Waals surface area contributed by atoms with Gasteiger partial charge in [0.05, 0.1) is 49.1 Å². The third kappa shape index (κ3) is 13.1. The van der Waals surface area contributed by atoms with Gasteiger partial charge in [0.15, 0.2) is 8.68 Å². The van der Waals surface area contributed by atoms with E-state index in [1.165, 1.54) is 46.2 Å². The van der Waals surface area contributed by atoms with E-state index in [1.54, 1.807) is 0 Å². The molecule has 5 aromatic rings. The van der Waals surface area contributed by atoms with Gasteiger partial charge in [0.1, 0.15) is 0 Å². The van der Waals surface area contributed by atoms with E-state index in [1.807, 2.05) is 83.1 Å². The van der Waals surface area contributed by atoms with Gasteiger partial charge in [0.25, 0.3) is 0 Å². The Bertz CT molecular complexity index is 1740. The first-order valence-corrected chi connectivity index (χ1v) is 21.6. The van der Waals surface area contributed by atoms with E-state index in [0.717, 1.165) is 57.4 Å². The fourth-order valence-electron chi connectivity index (χ4n) is 5.78. The maximum absolute atomic E-state index is 11.1. The maximum Gasteiger partial charge on any atom is 0.175 e. The Hall–Kier alpha value is -4.40. The summed E-state index contributed by atoms with van der Waals surface area (Å²) in [5, 5.41) is 44.0. The van der Waals surface area contributed by atoms with Gasteiger partial charge in [-0.15, -0.1) is 10.2 Å². The van der Waals surface area contributed by atoms with Crippen LogP contribution in [0.3, 0.4) is 0 Å². The number of nitrogens with zero attached hydrogens (tertiary/aromatic N) is 8. The minimum absolute atomic E-state index is 0.319. The molecule has 0 saturated heterocycles. The zero-order valence-electron chi connectivity index (χ0n) is 32.1. The van der Waals surface area contributed by atoms with Gasteiger partial charge in [-0.1, -0.05) is 95.5 Å². The molecule has 55 heavy (non-hydrogen) atoms. The lowest BCUT2D eigenvalue weighted by Gasteiger charge is -2.22. The molecule has 10 nitrogen and oxygen atoms in total. The van der Waals surface area contributed by atoms with Crippen LogP contribution in [-0.4, -0.2) is 95.8 Å². The molecule has 2 atom stereocenters. The van der Waals surface area contributed by atoms with Crippen molar-refractivity contribution in [2.75, 3.05) is 70.6 Å². The molecule has 2 unspecified atom stereocenters. The number of aliphatic hydroxyl groups is 2. The molecule has 0 spiro atoms. The molecule has 290 valence electrons. The second kappa shape index (κ2) is 22.2. The zero-order valence-corrected chi connectivity index (χ0v) is 34.5. The van der Waals surface area contributed by atoms with Crippen LogP contribution in [0.4, 0.5) is 22.7 Å². The molecule has 1 aromatic heterocycles. The lowest BCUT2D eigenvalue weighted by molar-refractivity contribution is 0.204. The molecular formula is C42H52N8O2S3. The average molecular weight is 797 g/mol. The molecule has 0 amide bonds. The van der Waals surface area contributed by atoms with Crippen molar-refractivity contribution < 1.29 is 10.2 Å². The quantitative estimate of drug-likeness (QED) is 0.0405. The monoisotopic (exact) mass is 796 g/mol. The van der Waals surface area contributed by atoms with E-state index >= 15 is 0 Å². The predicted molar refractivity (Wildman–Crippen MR) is 236 cm³/mol. The van der Waals surface area contributed by atoms with Gasteiger partial charge in [-0.25, -0.2) is 0 Å². The highest BCUT2D eigenvalue weighted by atomic mass is 32.2. The van der Waals surface area contributed by atoms with Crippen LogP contribution >= 0.6 is 34.9 Å². The molecule has 4 aromatic carbocycles. The highest BCUT2D eigenvalue weighted by molar-refractivity contribution is 8.03. The van der Waals surface area contributed by atoms with Gasteiger partial charge in [-0.2, -0.15) is 10.2 Å². The van der Waals surface area contributed by atoms with Gasteiger partial charge < -0.3 is 20.0 Å². The van der Waals surface area contributed by atoms with Crippen LogP contribution in [0.25, 0.3) is 0 Å². The van der Waals surface area contributed by atoms with Crippen LogP contribution in [0.1, 0.15) is 38.8 Å². The molecule has 2 N–H and O–H groups in total. The Morgan fingerprint density at radius 2 is 0.909 bits per heavy atom. The van der Waals surface area contributed by atoms with Crippen LogP contribution in [0.2, 0.25) is 0 Å². The highest BCUT2D eigenvalue weighted by Crippen LogP contribution is 2.30. The fraction of sp³-hybridized carbons (Fsp3) is 0.333. The number of rotatable bonds is 22. The molecule has 0 aliphatic heterocycles. The average Bonchev–Trinajstić information content (AvgIpc) is 3.70. The van der Waals surface area contributed by atoms with E-state index in [-0.39, 0.29) is 0 Å². The summed E-state index contributed by atoms with van der Waals surface area (Å²) in [6, 6.07) is 36.5. The number of hydrazone groups is 2. The minimum Gasteiger partial charge on any atom is -0.390 e. The van der Waals surface area contributed by atoms with Gasteiger partial charge in [0, 0.05) is 49.1 Å². The van der Waals surface area contributed by atoms with Gasteiger partial charge >= 0.3 is 0 Å². The Kier molecular flexibility index (Phi) is 16.9. The summed E-state index contributed by atoms with van der Waals surface area (Å²) in [6.45, 7) is 13.1. The molecule has 0 aliphatic rings. The molecule has 0 bridgehead atoms. The number of thioether (sulfide) groups is 2. The number of para-hydroxylation sites is 2. The Morgan fingerprint density at radius 3 is 1.25 bits per heavy atom. The summed E-state index contributed by atoms with van der Waals surface area (Å²) in [4.78, 5) is 4.61. The zero-order chi connectivity index (χ0) is 38.8. The second-order valence-electron chi connectivity index (χ2n) is 12.6. The fourth-order valence-corrected chi connectivity index (χ4v) is 8.69. The summed E-state index contributed by atoms with van der Waals surface area (Å²) in [5.41, 5.74) is 6.15. The van der Waals surface area contributed by atoms with Crippen LogP contribution in [0.15, 0.2) is 128 Å². The molecule has 0 saturated carbocycles. The Balaban J connectivity index is 1.13. The maximum atomic E-state index is 11.1. The summed E-state index contributed by atoms with van der Waals surface area (Å²) in [5.74, 6) is 0.864. The number of benzene rings is 4. The molecule has 0 fully saturated rings. The lowest BCUT2D eigenvalue weighted by atomic mass is 10.2. The van der Waals surface area contributed by atoms with E-state index in [9.17, 15) is 10.2 Å². The SMILES string of the molecule is CCN(CC)c1ccc(C=NN(CC(O)CSc2nnc(SCC(O)CN(N=Cc3ccc(N(CC)CC)cc3)c3ccccc3)s2)c2ccccc2)cc1. The van der Waals surface area contributed by atoms with Crippen LogP contribution in [-0.2, 0) is 0 Å². The topological polar surface area (TPSA) is 104 Å². The summed E-state index contributed by atoms with van der Waals surface area (Å²) in [7, 11) is 0. The van der Waals surface area contributed by atoms with Gasteiger partial charge in [-0.3, -0.25) is 10.0 Å². The van der Waals surface area contributed by atoms with E-state index in [2.05, 4.69) is 96.2 Å².